The van der Waals surface area contributed by atoms with E-state index in [1.165, 1.54) is 0 Å². The lowest BCUT2D eigenvalue weighted by atomic mass is 10.2. The highest BCUT2D eigenvalue weighted by Gasteiger charge is 2.26. The number of pyridine rings is 1. The van der Waals surface area contributed by atoms with Gasteiger partial charge in [-0.2, -0.15) is 0 Å². The normalized spacial score (nSPS) is 13.4. The molecule has 0 saturated heterocycles. The van der Waals surface area contributed by atoms with Gasteiger partial charge in [0.2, 0.25) is 5.88 Å². The molecule has 7 nitrogen and oxygen atoms in total. The number of nitrogens with zero attached hydrogens (tertiary/aromatic N) is 5. The quantitative estimate of drug-likeness (QED) is 0.735. The van der Waals surface area contributed by atoms with Gasteiger partial charge in [-0.3, -0.25) is 4.79 Å². The van der Waals surface area contributed by atoms with Crippen LogP contribution in [0.25, 0.3) is 0 Å². The van der Waals surface area contributed by atoms with E-state index < -0.39 is 0 Å². The van der Waals surface area contributed by atoms with Crippen LogP contribution >= 0.6 is 0 Å². The van der Waals surface area contributed by atoms with Crippen molar-refractivity contribution >= 4 is 5.91 Å². The van der Waals surface area contributed by atoms with Crippen molar-refractivity contribution in [2.24, 2.45) is 0 Å². The Balaban J connectivity index is 1.59. The summed E-state index contributed by atoms with van der Waals surface area (Å²) in [5.41, 5.74) is 0.441. The highest BCUT2D eigenvalue weighted by molar-refractivity contribution is 5.96. The zero-order valence-electron chi connectivity index (χ0n) is 13.8. The summed E-state index contributed by atoms with van der Waals surface area (Å²) in [7, 11) is 0. The Morgan fingerprint density at radius 1 is 1.08 bits per heavy atom. The average molecular weight is 335 g/mol. The minimum absolute atomic E-state index is 0.120. The van der Waals surface area contributed by atoms with Gasteiger partial charge in [-0.15, -0.1) is 10.2 Å². The Kier molecular flexibility index (Phi) is 3.89. The zero-order valence-corrected chi connectivity index (χ0v) is 13.8. The molecule has 1 aliphatic heterocycles. The maximum absolute atomic E-state index is 13.0. The molecule has 0 N–H and O–H groups in total. The molecule has 1 amide bonds. The number of para-hydroxylation sites is 1. The summed E-state index contributed by atoms with van der Waals surface area (Å²) in [6.45, 7) is 3.64. The molecule has 0 atom stereocenters. The van der Waals surface area contributed by atoms with Crippen molar-refractivity contribution in [3.8, 4) is 11.6 Å². The summed E-state index contributed by atoms with van der Waals surface area (Å²) in [6.07, 6.45) is 1.62. The van der Waals surface area contributed by atoms with Crippen molar-refractivity contribution in [2.75, 3.05) is 6.54 Å². The second kappa shape index (κ2) is 6.35. The van der Waals surface area contributed by atoms with Crippen LogP contribution in [0.2, 0.25) is 0 Å². The van der Waals surface area contributed by atoms with E-state index in [2.05, 4.69) is 15.2 Å². The van der Waals surface area contributed by atoms with Gasteiger partial charge >= 0.3 is 0 Å². The molecule has 4 rings (SSSR count). The molecule has 0 fully saturated rings. The predicted octanol–water partition coefficient (Wildman–Crippen LogP) is 2.43. The number of amides is 1. The van der Waals surface area contributed by atoms with Crippen LogP contribution in [-0.2, 0) is 13.1 Å². The molecule has 1 aromatic carbocycles. The first-order valence-corrected chi connectivity index (χ1v) is 8.08. The van der Waals surface area contributed by atoms with Gasteiger partial charge in [-0.25, -0.2) is 4.98 Å². The van der Waals surface area contributed by atoms with Crippen LogP contribution in [0.4, 0.5) is 0 Å². The van der Waals surface area contributed by atoms with Crippen LogP contribution in [0.5, 0.6) is 11.6 Å². The molecule has 25 heavy (non-hydrogen) atoms. The summed E-state index contributed by atoms with van der Waals surface area (Å²) in [6, 6.07) is 12.8. The van der Waals surface area contributed by atoms with Crippen LogP contribution in [-0.4, -0.2) is 37.1 Å². The third kappa shape index (κ3) is 2.96. The standard InChI is InChI=1S/C18H17N5O2/c1-13-20-21-16-12-22(10-11-23(13)16)18(24)15-8-5-9-19-17(15)25-14-6-3-2-4-7-14/h2-9H,10-12H2,1H3. The molecule has 0 bridgehead atoms. The summed E-state index contributed by atoms with van der Waals surface area (Å²) in [5.74, 6) is 2.50. The van der Waals surface area contributed by atoms with E-state index in [4.69, 9.17) is 4.74 Å². The lowest BCUT2D eigenvalue weighted by Crippen LogP contribution is -2.38. The van der Waals surface area contributed by atoms with Gasteiger partial charge in [0.1, 0.15) is 17.1 Å². The smallest absolute Gasteiger partial charge is 0.259 e. The molecule has 126 valence electrons. The summed E-state index contributed by atoms with van der Waals surface area (Å²) >= 11 is 0. The SMILES string of the molecule is Cc1nnc2n1CCN(C(=O)c1cccnc1Oc1ccccc1)C2. The van der Waals surface area contributed by atoms with E-state index in [-0.39, 0.29) is 5.91 Å². The molecule has 3 aromatic rings. The Labute approximate surface area is 144 Å². The molecule has 0 radical (unpaired) electrons. The highest BCUT2D eigenvalue weighted by atomic mass is 16.5. The Morgan fingerprint density at radius 2 is 1.92 bits per heavy atom. The largest absolute Gasteiger partial charge is 0.438 e. The van der Waals surface area contributed by atoms with Crippen molar-refractivity contribution in [1.82, 2.24) is 24.6 Å². The average Bonchev–Trinajstić information content (AvgIpc) is 3.03. The van der Waals surface area contributed by atoms with Crippen LogP contribution in [0.15, 0.2) is 48.7 Å². The number of aryl methyl sites for hydroxylation is 1. The zero-order chi connectivity index (χ0) is 17.2. The first-order valence-electron chi connectivity index (χ1n) is 8.08. The van der Waals surface area contributed by atoms with E-state index in [9.17, 15) is 4.79 Å². The van der Waals surface area contributed by atoms with Gasteiger partial charge in [0.15, 0.2) is 5.82 Å². The molecule has 0 spiro atoms. The second-order valence-electron chi connectivity index (χ2n) is 5.81. The first kappa shape index (κ1) is 15.3. The van der Waals surface area contributed by atoms with E-state index in [1.54, 1.807) is 23.2 Å². The number of aromatic nitrogens is 4. The third-order valence-corrected chi connectivity index (χ3v) is 4.18. The Morgan fingerprint density at radius 3 is 2.76 bits per heavy atom. The fourth-order valence-corrected chi connectivity index (χ4v) is 2.88. The number of hydrogen-bond donors (Lipinski definition) is 0. The first-order chi connectivity index (χ1) is 12.2. The predicted molar refractivity (Wildman–Crippen MR) is 90.3 cm³/mol. The van der Waals surface area contributed by atoms with Crippen molar-refractivity contribution in [2.45, 2.75) is 20.0 Å². The Bertz CT molecular complexity index is 907. The Hall–Kier alpha value is -3.22. The summed E-state index contributed by atoms with van der Waals surface area (Å²) < 4.78 is 7.84. The number of hydrogen-bond acceptors (Lipinski definition) is 5. The molecule has 3 heterocycles. The second-order valence-corrected chi connectivity index (χ2v) is 5.81. The van der Waals surface area contributed by atoms with Crippen LogP contribution in [0.3, 0.4) is 0 Å². The highest BCUT2D eigenvalue weighted by Crippen LogP contribution is 2.25. The minimum Gasteiger partial charge on any atom is -0.438 e. The molecule has 2 aromatic heterocycles. The topological polar surface area (TPSA) is 73.1 Å². The number of ether oxygens (including phenoxy) is 1. The fraction of sp³-hybridized carbons (Fsp3) is 0.222. The molecular formula is C18H17N5O2. The number of carbonyl (C=O) groups is 1. The molecular weight excluding hydrogens is 318 g/mol. The van der Waals surface area contributed by atoms with E-state index in [0.717, 1.165) is 11.6 Å². The van der Waals surface area contributed by atoms with Gasteiger partial charge in [0.05, 0.1) is 6.54 Å². The molecule has 1 aliphatic rings. The van der Waals surface area contributed by atoms with Gasteiger partial charge in [-0.1, -0.05) is 18.2 Å². The van der Waals surface area contributed by atoms with Crippen LogP contribution in [0.1, 0.15) is 22.0 Å². The van der Waals surface area contributed by atoms with Gasteiger partial charge in [0, 0.05) is 19.3 Å². The van der Waals surface area contributed by atoms with Gasteiger partial charge in [0.25, 0.3) is 5.91 Å². The molecule has 0 saturated carbocycles. The van der Waals surface area contributed by atoms with Gasteiger partial charge < -0.3 is 14.2 Å². The molecule has 0 unspecified atom stereocenters. The lowest BCUT2D eigenvalue weighted by molar-refractivity contribution is 0.0703. The van der Waals surface area contributed by atoms with Crippen molar-refractivity contribution < 1.29 is 9.53 Å². The summed E-state index contributed by atoms with van der Waals surface area (Å²) in [5, 5.41) is 8.22. The van der Waals surface area contributed by atoms with Crippen LogP contribution in [0, 0.1) is 6.92 Å². The van der Waals surface area contributed by atoms with Crippen LogP contribution < -0.4 is 4.74 Å². The van der Waals surface area contributed by atoms with E-state index >= 15 is 0 Å². The maximum Gasteiger partial charge on any atom is 0.259 e. The van der Waals surface area contributed by atoms with E-state index in [1.807, 2.05) is 41.8 Å². The third-order valence-electron chi connectivity index (χ3n) is 4.18. The van der Waals surface area contributed by atoms with Crippen molar-refractivity contribution in [3.63, 3.8) is 0 Å². The van der Waals surface area contributed by atoms with Gasteiger partial charge in [-0.05, 0) is 31.2 Å². The molecule has 7 heteroatoms. The minimum atomic E-state index is -0.120. The van der Waals surface area contributed by atoms with Crippen molar-refractivity contribution in [3.05, 3.63) is 65.9 Å². The number of rotatable bonds is 3. The number of fused-ring (bicyclic) bond motifs is 1. The monoisotopic (exact) mass is 335 g/mol. The summed E-state index contributed by atoms with van der Waals surface area (Å²) in [4.78, 5) is 19.0. The van der Waals surface area contributed by atoms with Crippen molar-refractivity contribution in [1.29, 1.82) is 0 Å². The number of benzene rings is 1. The lowest BCUT2D eigenvalue weighted by Gasteiger charge is -2.28. The molecule has 0 aliphatic carbocycles. The maximum atomic E-state index is 13.0. The number of carbonyl (C=O) groups excluding carboxylic acids is 1. The fourth-order valence-electron chi connectivity index (χ4n) is 2.88. The van der Waals surface area contributed by atoms with E-state index in [0.29, 0.717) is 36.8 Å².